The molecule has 3 rings (SSSR count). The summed E-state index contributed by atoms with van der Waals surface area (Å²) in [4.78, 5) is 4.20. The minimum absolute atomic E-state index is 0.272. The summed E-state index contributed by atoms with van der Waals surface area (Å²) in [7, 11) is 1.94. The number of halogens is 2. The van der Waals surface area contributed by atoms with Crippen LogP contribution in [0.15, 0.2) is 55.0 Å². The van der Waals surface area contributed by atoms with Crippen molar-refractivity contribution in [2.75, 3.05) is 0 Å². The first kappa shape index (κ1) is 17.9. The molecule has 0 N–H and O–H groups in total. The topological polar surface area (TPSA) is 50.8 Å². The smallest absolute Gasteiger partial charge is 0.124 e. The number of imidazole rings is 1. The Morgan fingerprint density at radius 3 is 2.64 bits per heavy atom. The highest BCUT2D eigenvalue weighted by molar-refractivity contribution is 14.1. The van der Waals surface area contributed by atoms with Gasteiger partial charge in [-0.3, -0.25) is 0 Å². The van der Waals surface area contributed by atoms with E-state index in [4.69, 9.17) is 21.6 Å². The molecule has 0 bridgehead atoms. The molecule has 0 aliphatic heterocycles. The van der Waals surface area contributed by atoms with Crippen LogP contribution in [0.25, 0.3) is 0 Å². The first-order valence-corrected chi connectivity index (χ1v) is 9.06. The quantitative estimate of drug-likeness (QED) is 0.508. The Morgan fingerprint density at radius 2 is 2.04 bits per heavy atom. The molecule has 0 fully saturated rings. The Kier molecular flexibility index (Phi) is 5.74. The van der Waals surface area contributed by atoms with Gasteiger partial charge in [-0.2, -0.15) is 5.26 Å². The number of nitrogens with zero attached hydrogens (tertiary/aromatic N) is 3. The number of hydrogen-bond acceptors (Lipinski definition) is 3. The molecule has 0 spiro atoms. The lowest BCUT2D eigenvalue weighted by molar-refractivity contribution is 0.0618. The zero-order valence-electron chi connectivity index (χ0n) is 13.5. The fourth-order valence-corrected chi connectivity index (χ4v) is 3.54. The third-order valence-electron chi connectivity index (χ3n) is 3.89. The summed E-state index contributed by atoms with van der Waals surface area (Å²) in [5, 5.41) is 9.70. The number of aryl methyl sites for hydroxylation is 1. The molecule has 0 saturated heterocycles. The largest absolute Gasteiger partial charge is 0.362 e. The van der Waals surface area contributed by atoms with Gasteiger partial charge < -0.3 is 9.30 Å². The molecule has 3 aromatic rings. The van der Waals surface area contributed by atoms with Gasteiger partial charge in [0.05, 0.1) is 36.5 Å². The van der Waals surface area contributed by atoms with E-state index in [2.05, 4.69) is 33.6 Å². The van der Waals surface area contributed by atoms with Crippen LogP contribution >= 0.6 is 34.2 Å². The van der Waals surface area contributed by atoms with E-state index in [1.807, 2.05) is 41.9 Å². The molecule has 0 aliphatic rings. The second-order valence-corrected chi connectivity index (χ2v) is 7.19. The Hall–Kier alpha value is -1.88. The van der Waals surface area contributed by atoms with Crippen molar-refractivity contribution in [3.05, 3.63) is 86.0 Å². The summed E-state index contributed by atoms with van der Waals surface area (Å²) in [5.41, 5.74) is 3.63. The molecule has 6 heteroatoms. The Labute approximate surface area is 165 Å². The Morgan fingerprint density at radius 1 is 1.28 bits per heavy atom. The van der Waals surface area contributed by atoms with Crippen LogP contribution in [0.2, 0.25) is 5.02 Å². The van der Waals surface area contributed by atoms with Gasteiger partial charge in [-0.1, -0.05) is 29.8 Å². The summed E-state index contributed by atoms with van der Waals surface area (Å²) in [6, 6.07) is 15.3. The fourth-order valence-electron chi connectivity index (χ4n) is 2.52. The van der Waals surface area contributed by atoms with Crippen LogP contribution in [0.3, 0.4) is 0 Å². The molecule has 1 aromatic heterocycles. The predicted molar refractivity (Wildman–Crippen MR) is 105 cm³/mol. The number of rotatable bonds is 5. The van der Waals surface area contributed by atoms with E-state index in [9.17, 15) is 0 Å². The van der Waals surface area contributed by atoms with E-state index in [1.165, 1.54) is 0 Å². The van der Waals surface area contributed by atoms with Crippen molar-refractivity contribution < 1.29 is 4.74 Å². The average Bonchev–Trinajstić information content (AvgIpc) is 3.03. The maximum absolute atomic E-state index is 8.99. The molecule has 0 radical (unpaired) electrons. The van der Waals surface area contributed by atoms with Gasteiger partial charge >= 0.3 is 0 Å². The van der Waals surface area contributed by atoms with E-state index in [0.29, 0.717) is 17.2 Å². The summed E-state index contributed by atoms with van der Waals surface area (Å²) < 4.78 is 9.25. The highest BCUT2D eigenvalue weighted by atomic mass is 127. The van der Waals surface area contributed by atoms with E-state index in [-0.39, 0.29) is 6.10 Å². The summed E-state index contributed by atoms with van der Waals surface area (Å²) in [5.74, 6) is 0. The Bertz CT molecular complexity index is 915. The third kappa shape index (κ3) is 4.21. The van der Waals surface area contributed by atoms with E-state index in [1.54, 1.807) is 24.7 Å². The van der Waals surface area contributed by atoms with Gasteiger partial charge in [0, 0.05) is 15.6 Å². The summed E-state index contributed by atoms with van der Waals surface area (Å²) >= 11 is 8.28. The van der Waals surface area contributed by atoms with Crippen molar-refractivity contribution in [2.24, 2.45) is 7.05 Å². The highest BCUT2D eigenvalue weighted by Crippen LogP contribution is 2.28. The van der Waals surface area contributed by atoms with Gasteiger partial charge in [0.1, 0.15) is 6.10 Å². The minimum Gasteiger partial charge on any atom is -0.362 e. The number of benzene rings is 2. The molecule has 0 saturated carbocycles. The molecular formula is C19H15ClIN3O. The zero-order chi connectivity index (χ0) is 17.8. The second-order valence-electron chi connectivity index (χ2n) is 5.59. The van der Waals surface area contributed by atoms with Crippen molar-refractivity contribution in [3.63, 3.8) is 0 Å². The van der Waals surface area contributed by atoms with Crippen molar-refractivity contribution in [3.8, 4) is 6.07 Å². The van der Waals surface area contributed by atoms with E-state index >= 15 is 0 Å². The molecule has 1 heterocycles. The molecule has 126 valence electrons. The van der Waals surface area contributed by atoms with E-state index < -0.39 is 0 Å². The van der Waals surface area contributed by atoms with Crippen LogP contribution in [-0.4, -0.2) is 9.55 Å². The van der Waals surface area contributed by atoms with E-state index in [0.717, 1.165) is 20.4 Å². The van der Waals surface area contributed by atoms with Crippen LogP contribution in [-0.2, 0) is 18.4 Å². The van der Waals surface area contributed by atoms with Gasteiger partial charge in [-0.15, -0.1) is 0 Å². The second kappa shape index (κ2) is 8.00. The van der Waals surface area contributed by atoms with Crippen molar-refractivity contribution >= 4 is 34.2 Å². The minimum atomic E-state index is -0.272. The normalized spacial score (nSPS) is 11.9. The van der Waals surface area contributed by atoms with Crippen molar-refractivity contribution in [1.29, 1.82) is 5.26 Å². The number of hydrogen-bond donors (Lipinski definition) is 0. The molecule has 4 nitrogen and oxygen atoms in total. The number of aromatic nitrogens is 2. The Balaban J connectivity index is 1.89. The zero-order valence-corrected chi connectivity index (χ0v) is 16.4. The molecule has 2 aromatic carbocycles. The first-order valence-electron chi connectivity index (χ1n) is 7.60. The third-order valence-corrected chi connectivity index (χ3v) is 5.13. The molecular weight excluding hydrogens is 449 g/mol. The van der Waals surface area contributed by atoms with Gasteiger partial charge in [0.2, 0.25) is 0 Å². The standard InChI is InChI=1S/C19H15ClIN3O/c1-24-12-23-10-18(24)19(14-4-2-13(9-22)3-5-14)25-11-15-6-7-16(20)8-17(15)21/h2-8,10,12,19H,11H2,1H3. The predicted octanol–water partition coefficient (Wildman–Crippen LogP) is 4.86. The lowest BCUT2D eigenvalue weighted by atomic mass is 10.0. The van der Waals surface area contributed by atoms with Gasteiger partial charge in [-0.25, -0.2) is 4.98 Å². The number of nitriles is 1. The summed E-state index contributed by atoms with van der Waals surface area (Å²) in [6.45, 7) is 0.450. The van der Waals surface area contributed by atoms with Gasteiger partial charge in [-0.05, 0) is 58.0 Å². The summed E-state index contributed by atoms with van der Waals surface area (Å²) in [6.07, 6.45) is 3.28. The molecule has 25 heavy (non-hydrogen) atoms. The average molecular weight is 464 g/mol. The molecule has 1 unspecified atom stereocenters. The molecule has 0 amide bonds. The fraction of sp³-hybridized carbons (Fsp3) is 0.158. The highest BCUT2D eigenvalue weighted by Gasteiger charge is 2.19. The van der Waals surface area contributed by atoms with Crippen LogP contribution in [0.5, 0.6) is 0 Å². The molecule has 1 atom stereocenters. The van der Waals surface area contributed by atoms with Gasteiger partial charge in [0.25, 0.3) is 0 Å². The van der Waals surface area contributed by atoms with Crippen LogP contribution in [0.1, 0.15) is 28.5 Å². The van der Waals surface area contributed by atoms with Gasteiger partial charge in [0.15, 0.2) is 0 Å². The maximum atomic E-state index is 8.99. The number of ether oxygens (including phenoxy) is 1. The lowest BCUT2D eigenvalue weighted by Crippen LogP contribution is -2.11. The van der Waals surface area contributed by atoms with Crippen molar-refractivity contribution in [2.45, 2.75) is 12.7 Å². The van der Waals surface area contributed by atoms with Crippen molar-refractivity contribution in [1.82, 2.24) is 9.55 Å². The molecule has 0 aliphatic carbocycles. The first-order chi connectivity index (χ1) is 12.1. The van der Waals surface area contributed by atoms with Crippen LogP contribution in [0, 0.1) is 14.9 Å². The van der Waals surface area contributed by atoms with Crippen LogP contribution < -0.4 is 0 Å². The monoisotopic (exact) mass is 463 g/mol. The van der Waals surface area contributed by atoms with Crippen LogP contribution in [0.4, 0.5) is 0 Å². The maximum Gasteiger partial charge on any atom is 0.124 e. The lowest BCUT2D eigenvalue weighted by Gasteiger charge is -2.19. The SMILES string of the molecule is Cn1cncc1C(OCc1ccc(Cl)cc1I)c1ccc(C#N)cc1.